The highest BCUT2D eigenvalue weighted by Crippen LogP contribution is 2.23. The summed E-state index contributed by atoms with van der Waals surface area (Å²) in [5, 5.41) is 6.47. The van der Waals surface area contributed by atoms with E-state index < -0.39 is 5.60 Å². The molecule has 2 aromatic heterocycles. The molecule has 4 aromatic rings. The summed E-state index contributed by atoms with van der Waals surface area (Å²) in [5.74, 6) is -0.317. The Kier molecular flexibility index (Phi) is 7.57. The molecule has 0 atom stereocenters. The van der Waals surface area contributed by atoms with Crippen LogP contribution in [0.4, 0.5) is 5.69 Å². The summed E-state index contributed by atoms with van der Waals surface area (Å²) in [6.07, 6.45) is 6.48. The van der Waals surface area contributed by atoms with Gasteiger partial charge in [0.15, 0.2) is 0 Å². The fourth-order valence-electron chi connectivity index (χ4n) is 3.82. The molecule has 0 spiro atoms. The Hall–Kier alpha value is -4.59. The van der Waals surface area contributed by atoms with Crippen LogP contribution in [-0.2, 0) is 27.4 Å². The SMILES string of the molecule is CC(C)(C)OC(=O)Cn1cc(/C=C/C(=O)Nc2cccc(C(=O)NCc3ccco3)c2)c2ccccc21. The van der Waals surface area contributed by atoms with E-state index in [1.807, 2.05) is 55.8 Å². The number of ether oxygens (including phenoxy) is 1. The highest BCUT2D eigenvalue weighted by atomic mass is 16.6. The Bertz CT molecular complexity index is 1440. The summed E-state index contributed by atoms with van der Waals surface area (Å²) < 4.78 is 12.5. The average Bonchev–Trinajstić information content (AvgIpc) is 3.48. The van der Waals surface area contributed by atoms with Crippen LogP contribution in [0.15, 0.2) is 83.6 Å². The lowest BCUT2D eigenvalue weighted by Crippen LogP contribution is -2.26. The Labute approximate surface area is 214 Å². The third kappa shape index (κ3) is 6.98. The van der Waals surface area contributed by atoms with Crippen LogP contribution < -0.4 is 10.6 Å². The van der Waals surface area contributed by atoms with Gasteiger partial charge in [-0.15, -0.1) is 0 Å². The van der Waals surface area contributed by atoms with Crippen LogP contribution in [0.1, 0.15) is 42.5 Å². The normalized spacial score (nSPS) is 11.5. The topological polar surface area (TPSA) is 103 Å². The van der Waals surface area contributed by atoms with Crippen molar-refractivity contribution >= 4 is 40.4 Å². The minimum absolute atomic E-state index is 0.0621. The molecule has 190 valence electrons. The number of amides is 2. The summed E-state index contributed by atoms with van der Waals surface area (Å²) in [6, 6.07) is 17.9. The van der Waals surface area contributed by atoms with E-state index in [1.54, 1.807) is 48.7 Å². The Morgan fingerprint density at radius 1 is 1.03 bits per heavy atom. The zero-order valence-corrected chi connectivity index (χ0v) is 21.0. The smallest absolute Gasteiger partial charge is 0.326 e. The molecule has 0 saturated carbocycles. The summed E-state index contributed by atoms with van der Waals surface area (Å²) in [6.45, 7) is 5.82. The monoisotopic (exact) mass is 499 g/mol. The molecular formula is C29H29N3O5. The average molecular weight is 500 g/mol. The molecule has 8 heteroatoms. The van der Waals surface area contributed by atoms with Crippen molar-refractivity contribution in [2.45, 2.75) is 39.5 Å². The van der Waals surface area contributed by atoms with E-state index in [0.717, 1.165) is 16.5 Å². The van der Waals surface area contributed by atoms with Gasteiger partial charge in [0.05, 0.1) is 12.8 Å². The molecule has 4 rings (SSSR count). The van der Waals surface area contributed by atoms with Gasteiger partial charge in [0, 0.05) is 40.0 Å². The fourth-order valence-corrected chi connectivity index (χ4v) is 3.82. The second kappa shape index (κ2) is 11.0. The number of carbonyl (C=O) groups is 3. The number of rotatable bonds is 8. The molecule has 0 aliphatic rings. The van der Waals surface area contributed by atoms with Gasteiger partial charge >= 0.3 is 5.97 Å². The third-order valence-corrected chi connectivity index (χ3v) is 5.35. The van der Waals surface area contributed by atoms with Gasteiger partial charge in [0.25, 0.3) is 5.91 Å². The first kappa shape index (κ1) is 25.5. The van der Waals surface area contributed by atoms with Crippen molar-refractivity contribution in [2.24, 2.45) is 0 Å². The minimum Gasteiger partial charge on any atom is -0.467 e. The summed E-state index contributed by atoms with van der Waals surface area (Å²) >= 11 is 0. The number of nitrogens with one attached hydrogen (secondary N) is 2. The standard InChI is InChI=1S/C29H29N3O5/c1-29(2,3)37-27(34)19-32-18-21(24-11-4-5-12-25(24)32)13-14-26(33)31-22-9-6-8-20(16-22)28(35)30-17-23-10-7-15-36-23/h4-16,18H,17,19H2,1-3H3,(H,30,35)(H,31,33)/b14-13+. The predicted molar refractivity (Wildman–Crippen MR) is 142 cm³/mol. The van der Waals surface area contributed by atoms with Crippen molar-refractivity contribution in [3.63, 3.8) is 0 Å². The number of anilines is 1. The second-order valence-corrected chi connectivity index (χ2v) is 9.48. The number of aromatic nitrogens is 1. The van der Waals surface area contributed by atoms with Gasteiger partial charge in [-0.3, -0.25) is 14.4 Å². The Balaban J connectivity index is 1.43. The van der Waals surface area contributed by atoms with Gasteiger partial charge in [-0.25, -0.2) is 0 Å². The number of benzene rings is 2. The van der Waals surface area contributed by atoms with E-state index in [-0.39, 0.29) is 30.9 Å². The van der Waals surface area contributed by atoms with Crippen LogP contribution in [-0.4, -0.2) is 28.0 Å². The van der Waals surface area contributed by atoms with Gasteiger partial charge in [-0.2, -0.15) is 0 Å². The highest BCUT2D eigenvalue weighted by Gasteiger charge is 2.18. The van der Waals surface area contributed by atoms with E-state index in [9.17, 15) is 14.4 Å². The van der Waals surface area contributed by atoms with Crippen molar-refractivity contribution in [1.82, 2.24) is 9.88 Å². The maximum Gasteiger partial charge on any atom is 0.326 e. The summed E-state index contributed by atoms with van der Waals surface area (Å²) in [5.41, 5.74) is 1.99. The number of esters is 1. The van der Waals surface area contributed by atoms with Gasteiger partial charge in [0.2, 0.25) is 5.91 Å². The molecule has 2 amide bonds. The number of carbonyl (C=O) groups excluding carboxylic acids is 3. The third-order valence-electron chi connectivity index (χ3n) is 5.35. The Morgan fingerprint density at radius 2 is 1.84 bits per heavy atom. The van der Waals surface area contributed by atoms with E-state index in [1.165, 1.54) is 6.08 Å². The number of para-hydroxylation sites is 1. The second-order valence-electron chi connectivity index (χ2n) is 9.48. The zero-order valence-electron chi connectivity index (χ0n) is 21.0. The minimum atomic E-state index is -0.571. The van der Waals surface area contributed by atoms with Crippen molar-refractivity contribution in [3.05, 3.63) is 96.1 Å². The van der Waals surface area contributed by atoms with Crippen LogP contribution in [0, 0.1) is 0 Å². The largest absolute Gasteiger partial charge is 0.467 e. The van der Waals surface area contributed by atoms with Crippen molar-refractivity contribution < 1.29 is 23.5 Å². The van der Waals surface area contributed by atoms with Crippen LogP contribution in [0.5, 0.6) is 0 Å². The lowest BCUT2D eigenvalue weighted by molar-refractivity contribution is -0.155. The summed E-state index contributed by atoms with van der Waals surface area (Å²) in [7, 11) is 0. The highest BCUT2D eigenvalue weighted by molar-refractivity contribution is 6.04. The van der Waals surface area contributed by atoms with Crippen LogP contribution in [0.25, 0.3) is 17.0 Å². The maximum absolute atomic E-state index is 12.6. The van der Waals surface area contributed by atoms with Gasteiger partial charge < -0.3 is 24.4 Å². The fraction of sp³-hybridized carbons (Fsp3) is 0.207. The molecule has 0 saturated heterocycles. The molecular weight excluding hydrogens is 470 g/mol. The predicted octanol–water partition coefficient (Wildman–Crippen LogP) is 5.16. The quantitative estimate of drug-likeness (QED) is 0.258. The molecule has 2 aromatic carbocycles. The molecule has 2 heterocycles. The molecule has 0 bridgehead atoms. The maximum atomic E-state index is 12.6. The first-order valence-electron chi connectivity index (χ1n) is 11.9. The van der Waals surface area contributed by atoms with Crippen molar-refractivity contribution in [1.29, 1.82) is 0 Å². The van der Waals surface area contributed by atoms with Crippen LogP contribution in [0.3, 0.4) is 0 Å². The first-order chi connectivity index (χ1) is 17.7. The molecule has 2 N–H and O–H groups in total. The molecule has 0 radical (unpaired) electrons. The van der Waals surface area contributed by atoms with E-state index in [2.05, 4.69) is 10.6 Å². The van der Waals surface area contributed by atoms with Crippen molar-refractivity contribution in [2.75, 3.05) is 5.32 Å². The molecule has 0 aliphatic heterocycles. The Morgan fingerprint density at radius 3 is 2.59 bits per heavy atom. The van der Waals surface area contributed by atoms with Crippen LogP contribution >= 0.6 is 0 Å². The van der Waals surface area contributed by atoms with Gasteiger partial charge in [0.1, 0.15) is 17.9 Å². The number of hydrogen-bond donors (Lipinski definition) is 2. The number of fused-ring (bicyclic) bond motifs is 1. The number of hydrogen-bond acceptors (Lipinski definition) is 5. The van der Waals surface area contributed by atoms with Crippen LogP contribution in [0.2, 0.25) is 0 Å². The van der Waals surface area contributed by atoms with Gasteiger partial charge in [-0.1, -0.05) is 24.3 Å². The lowest BCUT2D eigenvalue weighted by Gasteiger charge is -2.19. The molecule has 0 unspecified atom stereocenters. The number of nitrogens with zero attached hydrogens (tertiary/aromatic N) is 1. The number of furan rings is 1. The van der Waals surface area contributed by atoms with Gasteiger partial charge in [-0.05, 0) is 63.2 Å². The molecule has 8 nitrogen and oxygen atoms in total. The lowest BCUT2D eigenvalue weighted by atomic mass is 10.1. The van der Waals surface area contributed by atoms with E-state index in [4.69, 9.17) is 9.15 Å². The zero-order chi connectivity index (χ0) is 26.4. The van der Waals surface area contributed by atoms with E-state index in [0.29, 0.717) is 17.0 Å². The molecule has 37 heavy (non-hydrogen) atoms. The molecule has 0 aliphatic carbocycles. The van der Waals surface area contributed by atoms with Crippen molar-refractivity contribution in [3.8, 4) is 0 Å². The summed E-state index contributed by atoms with van der Waals surface area (Å²) in [4.78, 5) is 37.5. The van der Waals surface area contributed by atoms with E-state index >= 15 is 0 Å². The molecule has 0 fully saturated rings. The first-order valence-corrected chi connectivity index (χ1v) is 11.9.